The molecule has 1 aromatic heterocycles. The molecule has 0 fully saturated rings. The Balaban J connectivity index is 1.85. The van der Waals surface area contributed by atoms with E-state index in [1.54, 1.807) is 19.3 Å². The molecule has 0 atom stereocenters. The molecule has 2 aromatic rings. The number of nitrogens with two attached hydrogens (primary N) is 1. The molecule has 7 nitrogen and oxygen atoms in total. The third kappa shape index (κ3) is 2.71. The van der Waals surface area contributed by atoms with Crippen LogP contribution >= 0.6 is 0 Å². The number of aryl methyl sites for hydroxylation is 1. The van der Waals surface area contributed by atoms with Crippen molar-refractivity contribution in [2.75, 3.05) is 12.4 Å². The highest BCUT2D eigenvalue weighted by Gasteiger charge is 2.28. The molecule has 2 heterocycles. The van der Waals surface area contributed by atoms with E-state index in [9.17, 15) is 13.2 Å². The molecule has 1 amide bonds. The van der Waals surface area contributed by atoms with Crippen molar-refractivity contribution in [1.82, 2.24) is 4.98 Å². The number of carbonyl (C=O) groups is 1. The maximum absolute atomic E-state index is 12.4. The van der Waals surface area contributed by atoms with Gasteiger partial charge >= 0.3 is 0 Å². The van der Waals surface area contributed by atoms with E-state index in [1.165, 1.54) is 12.1 Å². The molecule has 4 rings (SSSR count). The van der Waals surface area contributed by atoms with E-state index in [1.807, 2.05) is 0 Å². The molecule has 1 aliphatic heterocycles. The first-order valence-corrected chi connectivity index (χ1v) is 9.91. The number of hydrogen-bond acceptors (Lipinski definition) is 4. The van der Waals surface area contributed by atoms with Crippen LogP contribution in [0.4, 0.5) is 5.69 Å². The summed E-state index contributed by atoms with van der Waals surface area (Å²) in [5, 5.41) is 7.96. The summed E-state index contributed by atoms with van der Waals surface area (Å²) in [5.74, 6) is 0.456. The predicted molar refractivity (Wildman–Crippen MR) is 98.3 cm³/mol. The quantitative estimate of drug-likeness (QED) is 0.714. The van der Waals surface area contributed by atoms with E-state index in [0.717, 1.165) is 48.4 Å². The zero-order valence-electron chi connectivity index (χ0n) is 14.3. The number of amides is 1. The van der Waals surface area contributed by atoms with Crippen molar-refractivity contribution in [3.05, 3.63) is 40.7 Å². The molecule has 1 aliphatic carbocycles. The number of primary sulfonamides is 1. The molecular weight excluding hydrogens is 354 g/mol. The van der Waals surface area contributed by atoms with Gasteiger partial charge in [0.2, 0.25) is 10.0 Å². The lowest BCUT2D eigenvalue weighted by molar-refractivity contribution is -0.110. The molecule has 8 heteroatoms. The number of ether oxygens (including phenoxy) is 1. The van der Waals surface area contributed by atoms with Gasteiger partial charge in [-0.15, -0.1) is 0 Å². The lowest BCUT2D eigenvalue weighted by atomic mass is 9.97. The Kier molecular flexibility index (Phi) is 3.89. The normalized spacial score (nSPS) is 17.8. The first-order chi connectivity index (χ1) is 12.4. The van der Waals surface area contributed by atoms with Crippen LogP contribution in [0.25, 0.3) is 11.6 Å². The molecule has 1 aromatic carbocycles. The molecule has 0 saturated heterocycles. The Morgan fingerprint density at radius 3 is 2.73 bits per heavy atom. The van der Waals surface area contributed by atoms with Gasteiger partial charge in [0.15, 0.2) is 0 Å². The van der Waals surface area contributed by atoms with E-state index >= 15 is 0 Å². The lowest BCUT2D eigenvalue weighted by Gasteiger charge is -2.11. The highest BCUT2D eigenvalue weighted by atomic mass is 32.2. The maximum Gasteiger partial charge on any atom is 0.256 e. The van der Waals surface area contributed by atoms with Gasteiger partial charge in [0.05, 0.1) is 23.3 Å². The molecule has 136 valence electrons. The van der Waals surface area contributed by atoms with E-state index in [4.69, 9.17) is 9.88 Å². The third-order valence-electron chi connectivity index (χ3n) is 4.87. The summed E-state index contributed by atoms with van der Waals surface area (Å²) in [6, 6.07) is 4.35. The third-order valence-corrected chi connectivity index (χ3v) is 5.78. The van der Waals surface area contributed by atoms with Gasteiger partial charge in [-0.2, -0.15) is 0 Å². The van der Waals surface area contributed by atoms with Gasteiger partial charge in [-0.1, -0.05) is 0 Å². The fourth-order valence-corrected chi connectivity index (χ4v) is 4.18. The van der Waals surface area contributed by atoms with Crippen LogP contribution in [0.15, 0.2) is 23.1 Å². The molecule has 4 N–H and O–H groups in total. The molecule has 26 heavy (non-hydrogen) atoms. The van der Waals surface area contributed by atoms with Crippen LogP contribution in [0.3, 0.4) is 0 Å². The number of benzene rings is 1. The van der Waals surface area contributed by atoms with Crippen molar-refractivity contribution >= 4 is 33.3 Å². The number of nitrogens with one attached hydrogen (secondary N) is 2. The number of carbonyl (C=O) groups excluding carboxylic acids is 1. The van der Waals surface area contributed by atoms with Gasteiger partial charge in [-0.3, -0.25) is 4.79 Å². The van der Waals surface area contributed by atoms with Crippen molar-refractivity contribution in [3.8, 4) is 5.75 Å². The van der Waals surface area contributed by atoms with E-state index < -0.39 is 10.0 Å². The minimum atomic E-state index is -3.85. The van der Waals surface area contributed by atoms with Gasteiger partial charge in [0.25, 0.3) is 5.91 Å². The van der Waals surface area contributed by atoms with Crippen molar-refractivity contribution in [1.29, 1.82) is 0 Å². The van der Waals surface area contributed by atoms with Gasteiger partial charge in [0, 0.05) is 22.5 Å². The van der Waals surface area contributed by atoms with E-state index in [2.05, 4.69) is 10.3 Å². The van der Waals surface area contributed by atoms with Gasteiger partial charge in [-0.25, -0.2) is 13.6 Å². The van der Waals surface area contributed by atoms with E-state index in [-0.39, 0.29) is 10.8 Å². The number of anilines is 1. The average molecular weight is 373 g/mol. The molecule has 0 saturated carbocycles. The van der Waals surface area contributed by atoms with Crippen molar-refractivity contribution in [3.63, 3.8) is 0 Å². The summed E-state index contributed by atoms with van der Waals surface area (Å²) in [7, 11) is -2.24. The Hall–Kier alpha value is -2.58. The summed E-state index contributed by atoms with van der Waals surface area (Å²) in [6.07, 6.45) is 5.83. The number of methoxy groups -OCH3 is 1. The number of aromatic nitrogens is 1. The fourth-order valence-electron chi connectivity index (χ4n) is 3.64. The molecule has 2 aliphatic rings. The molecule has 0 unspecified atom stereocenters. The molecule has 0 bridgehead atoms. The number of rotatable bonds is 3. The second-order valence-corrected chi connectivity index (χ2v) is 8.06. The Bertz CT molecular complexity index is 1050. The number of sulfonamides is 1. The first-order valence-electron chi connectivity index (χ1n) is 8.36. The highest BCUT2D eigenvalue weighted by molar-refractivity contribution is 7.89. The molecule has 0 radical (unpaired) electrons. The molecular formula is C18H19N3O4S. The Morgan fingerprint density at radius 1 is 1.23 bits per heavy atom. The van der Waals surface area contributed by atoms with Gasteiger partial charge in [-0.05, 0) is 50.0 Å². The summed E-state index contributed by atoms with van der Waals surface area (Å²) in [6.45, 7) is 0. The monoisotopic (exact) mass is 373 g/mol. The van der Waals surface area contributed by atoms with Crippen LogP contribution in [-0.2, 0) is 27.7 Å². The predicted octanol–water partition coefficient (Wildman–Crippen LogP) is 2.04. The fraction of sp³-hybridized carbons (Fsp3) is 0.278. The van der Waals surface area contributed by atoms with Crippen molar-refractivity contribution in [2.24, 2.45) is 5.14 Å². The van der Waals surface area contributed by atoms with Gasteiger partial charge in [0.1, 0.15) is 5.75 Å². The van der Waals surface area contributed by atoms with Crippen LogP contribution < -0.4 is 15.2 Å². The number of H-pyrrole nitrogens is 1. The maximum atomic E-state index is 12.4. The topological polar surface area (TPSA) is 114 Å². The van der Waals surface area contributed by atoms with Crippen LogP contribution in [0.5, 0.6) is 5.75 Å². The van der Waals surface area contributed by atoms with E-state index in [0.29, 0.717) is 16.8 Å². The number of fused-ring (bicyclic) bond motifs is 2. The summed E-state index contributed by atoms with van der Waals surface area (Å²) < 4.78 is 28.9. The first kappa shape index (κ1) is 16.9. The largest absolute Gasteiger partial charge is 0.494 e. The van der Waals surface area contributed by atoms with Gasteiger partial charge < -0.3 is 15.0 Å². The standard InChI is InChI=1S/C18H19N3O4S/c1-25-17-11-4-2-3-5-14(11)20-16(17)9-13-12-8-10(26(19,23)24)6-7-15(12)21-18(13)22/h6-9,20H,2-5H2,1H3,(H,21,22)(H2,19,23,24). The minimum Gasteiger partial charge on any atom is -0.494 e. The minimum absolute atomic E-state index is 0.0311. The van der Waals surface area contributed by atoms with Crippen molar-refractivity contribution < 1.29 is 17.9 Å². The highest BCUT2D eigenvalue weighted by Crippen LogP contribution is 2.38. The number of aromatic amines is 1. The lowest BCUT2D eigenvalue weighted by Crippen LogP contribution is -2.12. The van der Waals surface area contributed by atoms with Crippen LogP contribution in [0.1, 0.15) is 35.4 Å². The summed E-state index contributed by atoms with van der Waals surface area (Å²) >= 11 is 0. The summed E-state index contributed by atoms with van der Waals surface area (Å²) in [4.78, 5) is 15.7. The second kappa shape index (κ2) is 6.00. The SMILES string of the molecule is COc1c(C=C2C(=O)Nc3ccc(S(N)(=O)=O)cc32)[nH]c2c1CCCC2. The Labute approximate surface area is 151 Å². The van der Waals surface area contributed by atoms with Crippen LogP contribution in [0, 0.1) is 0 Å². The number of hydrogen-bond donors (Lipinski definition) is 3. The summed E-state index contributed by atoms with van der Waals surface area (Å²) in [5.41, 5.74) is 4.46. The average Bonchev–Trinajstić information content (AvgIpc) is 3.11. The van der Waals surface area contributed by atoms with Crippen LogP contribution in [0.2, 0.25) is 0 Å². The Morgan fingerprint density at radius 2 is 2.00 bits per heavy atom. The zero-order chi connectivity index (χ0) is 18.5. The smallest absolute Gasteiger partial charge is 0.256 e. The second-order valence-electron chi connectivity index (χ2n) is 6.50. The van der Waals surface area contributed by atoms with Crippen LogP contribution in [-0.4, -0.2) is 26.4 Å². The van der Waals surface area contributed by atoms with Crippen molar-refractivity contribution in [2.45, 2.75) is 30.6 Å². The molecule has 0 spiro atoms. The zero-order valence-corrected chi connectivity index (χ0v) is 15.1.